The molecule has 0 saturated carbocycles. The molecule has 0 heterocycles. The molecule has 0 atom stereocenters. The van der Waals surface area contributed by atoms with Crippen LogP contribution in [0.15, 0.2) is 0 Å². The van der Waals surface area contributed by atoms with Crippen LogP contribution in [0, 0.1) is 0 Å². The number of hydrogen-bond donors (Lipinski definition) is 0. The lowest BCUT2D eigenvalue weighted by molar-refractivity contribution is 0.647. The molecule has 0 N–H and O–H groups in total. The topological polar surface area (TPSA) is 0 Å². The van der Waals surface area contributed by atoms with Crippen molar-refractivity contribution in [3.63, 3.8) is 0 Å². The van der Waals surface area contributed by atoms with Gasteiger partial charge in [0.25, 0.3) is 0 Å². The molecule has 0 unspecified atom stereocenters. The maximum absolute atomic E-state index is 2.61. The molecule has 0 radical (unpaired) electrons. The number of unbranched alkanes of at least 4 members (excludes halogenated alkanes) is 4. The highest BCUT2D eigenvalue weighted by Crippen LogP contribution is 2.37. The van der Waals surface area contributed by atoms with Crippen LogP contribution in [0.3, 0.4) is 0 Å². The van der Waals surface area contributed by atoms with E-state index in [1.807, 2.05) is 0 Å². The van der Waals surface area contributed by atoms with Gasteiger partial charge in [0, 0.05) is 0 Å². The van der Waals surface area contributed by atoms with Crippen molar-refractivity contribution in [3.8, 4) is 0 Å². The first-order valence-electron chi connectivity index (χ1n) is 6.95. The lowest BCUT2D eigenvalue weighted by Crippen LogP contribution is -2.37. The highest BCUT2D eigenvalue weighted by molar-refractivity contribution is 6.81. The SMILES string of the molecule is CCCCCCC[Si](C)(C(C)C)C(C)C. The lowest BCUT2D eigenvalue weighted by atomic mass is 10.2. The molecule has 0 amide bonds. The van der Waals surface area contributed by atoms with Crippen LogP contribution in [-0.4, -0.2) is 8.07 Å². The van der Waals surface area contributed by atoms with Crippen molar-refractivity contribution < 1.29 is 0 Å². The molecule has 0 nitrogen and oxygen atoms in total. The zero-order chi connectivity index (χ0) is 11.9. The normalized spacial score (nSPS) is 12.8. The molecule has 0 aliphatic heterocycles. The molecule has 0 aliphatic rings. The Hall–Kier alpha value is 0.217. The third kappa shape index (κ3) is 5.19. The molecule has 0 bridgehead atoms. The van der Waals surface area contributed by atoms with E-state index in [2.05, 4.69) is 41.2 Å². The van der Waals surface area contributed by atoms with Gasteiger partial charge in [-0.1, -0.05) is 90.4 Å². The first kappa shape index (κ1) is 15.2. The van der Waals surface area contributed by atoms with Crippen LogP contribution in [0.25, 0.3) is 0 Å². The first-order chi connectivity index (χ1) is 6.95. The molecule has 1 heteroatoms. The van der Waals surface area contributed by atoms with Crippen LogP contribution < -0.4 is 0 Å². The average molecular weight is 228 g/mol. The Morgan fingerprint density at radius 2 is 1.27 bits per heavy atom. The van der Waals surface area contributed by atoms with Crippen LogP contribution in [0.2, 0.25) is 23.7 Å². The maximum atomic E-state index is 2.61. The van der Waals surface area contributed by atoms with E-state index >= 15 is 0 Å². The summed E-state index contributed by atoms with van der Waals surface area (Å²) in [4.78, 5) is 0. The maximum Gasteiger partial charge on any atom is 0.0556 e. The Kier molecular flexibility index (Phi) is 7.59. The third-order valence-electron chi connectivity index (χ3n) is 4.46. The standard InChI is InChI=1S/C14H32Si/c1-7-8-9-10-11-12-15(6,13(2)3)14(4)5/h13-14H,7-12H2,1-6H3. The molecule has 0 fully saturated rings. The van der Waals surface area contributed by atoms with E-state index < -0.39 is 8.07 Å². The smallest absolute Gasteiger partial charge is 0.0556 e. The molecule has 0 aliphatic carbocycles. The summed E-state index contributed by atoms with van der Waals surface area (Å²) in [6, 6.07) is 1.55. The minimum absolute atomic E-state index is 0.948. The van der Waals surface area contributed by atoms with Gasteiger partial charge in [-0.3, -0.25) is 0 Å². The number of rotatable bonds is 8. The van der Waals surface area contributed by atoms with Gasteiger partial charge in [0.1, 0.15) is 0 Å². The second-order valence-corrected chi connectivity index (χ2v) is 11.8. The lowest BCUT2D eigenvalue weighted by Gasteiger charge is -2.36. The zero-order valence-corrected chi connectivity index (χ0v) is 12.9. The van der Waals surface area contributed by atoms with E-state index in [0.29, 0.717) is 0 Å². The first-order valence-corrected chi connectivity index (χ1v) is 9.81. The van der Waals surface area contributed by atoms with Gasteiger partial charge in [-0.2, -0.15) is 0 Å². The molecule has 0 rings (SSSR count). The Morgan fingerprint density at radius 1 is 0.800 bits per heavy atom. The highest BCUT2D eigenvalue weighted by atomic mass is 28.3. The summed E-state index contributed by atoms with van der Waals surface area (Å²) in [6.45, 7) is 14.7. The molecule has 0 aromatic rings. The monoisotopic (exact) mass is 228 g/mol. The zero-order valence-electron chi connectivity index (χ0n) is 11.9. The van der Waals surface area contributed by atoms with E-state index in [-0.39, 0.29) is 0 Å². The van der Waals surface area contributed by atoms with Crippen molar-refractivity contribution in [1.29, 1.82) is 0 Å². The minimum atomic E-state index is -0.964. The molecule has 0 spiro atoms. The summed E-state index contributed by atoms with van der Waals surface area (Å²) >= 11 is 0. The van der Waals surface area contributed by atoms with Gasteiger partial charge >= 0.3 is 0 Å². The van der Waals surface area contributed by atoms with Crippen molar-refractivity contribution in [1.82, 2.24) is 0 Å². The van der Waals surface area contributed by atoms with Crippen LogP contribution in [0.5, 0.6) is 0 Å². The predicted octanol–water partition coefficient (Wildman–Crippen LogP) is 5.86. The van der Waals surface area contributed by atoms with Crippen LogP contribution in [0.1, 0.15) is 66.7 Å². The Bertz CT molecular complexity index is 141. The molecular weight excluding hydrogens is 196 g/mol. The summed E-state index contributed by atoms with van der Waals surface area (Å²) in [5, 5.41) is 0. The van der Waals surface area contributed by atoms with Crippen molar-refractivity contribution in [2.24, 2.45) is 0 Å². The van der Waals surface area contributed by atoms with E-state index in [9.17, 15) is 0 Å². The summed E-state index contributed by atoms with van der Waals surface area (Å²) in [5.74, 6) is 0. The van der Waals surface area contributed by atoms with Crippen LogP contribution in [0.4, 0.5) is 0 Å². The van der Waals surface area contributed by atoms with Crippen molar-refractivity contribution in [2.45, 2.75) is 90.4 Å². The largest absolute Gasteiger partial charge is 0.0688 e. The molecule has 0 aromatic heterocycles. The van der Waals surface area contributed by atoms with Crippen LogP contribution >= 0.6 is 0 Å². The Morgan fingerprint density at radius 3 is 1.67 bits per heavy atom. The highest BCUT2D eigenvalue weighted by Gasteiger charge is 2.33. The quantitative estimate of drug-likeness (QED) is 0.361. The summed E-state index contributed by atoms with van der Waals surface area (Å²) in [5.41, 5.74) is 1.90. The molecule has 0 saturated heterocycles. The Labute approximate surface area is 98.9 Å². The predicted molar refractivity (Wildman–Crippen MR) is 75.4 cm³/mol. The second kappa shape index (κ2) is 7.48. The summed E-state index contributed by atoms with van der Waals surface area (Å²) in [7, 11) is -0.964. The van der Waals surface area contributed by atoms with Gasteiger partial charge in [-0.25, -0.2) is 0 Å². The van der Waals surface area contributed by atoms with Gasteiger partial charge in [0.05, 0.1) is 8.07 Å². The van der Waals surface area contributed by atoms with E-state index in [1.54, 1.807) is 6.04 Å². The van der Waals surface area contributed by atoms with E-state index in [4.69, 9.17) is 0 Å². The molecule has 92 valence electrons. The fraction of sp³-hybridized carbons (Fsp3) is 1.00. The van der Waals surface area contributed by atoms with Crippen molar-refractivity contribution in [3.05, 3.63) is 0 Å². The average Bonchev–Trinajstić information content (AvgIpc) is 2.16. The van der Waals surface area contributed by atoms with Crippen molar-refractivity contribution in [2.75, 3.05) is 0 Å². The van der Waals surface area contributed by atoms with Gasteiger partial charge in [-0.15, -0.1) is 0 Å². The summed E-state index contributed by atoms with van der Waals surface area (Å²) in [6.07, 6.45) is 7.21. The Balaban J connectivity index is 3.88. The fourth-order valence-corrected chi connectivity index (χ4v) is 5.85. The second-order valence-electron chi connectivity index (χ2n) is 5.98. The van der Waals surface area contributed by atoms with Gasteiger partial charge in [0.15, 0.2) is 0 Å². The fourth-order valence-electron chi connectivity index (χ4n) is 2.35. The van der Waals surface area contributed by atoms with E-state index in [0.717, 1.165) is 11.1 Å². The van der Waals surface area contributed by atoms with Crippen molar-refractivity contribution >= 4 is 8.07 Å². The van der Waals surface area contributed by atoms with Gasteiger partial charge in [0.2, 0.25) is 0 Å². The van der Waals surface area contributed by atoms with E-state index in [1.165, 1.54) is 32.1 Å². The van der Waals surface area contributed by atoms with Gasteiger partial charge < -0.3 is 0 Å². The molecular formula is C14H32Si. The molecule has 0 aromatic carbocycles. The summed E-state index contributed by atoms with van der Waals surface area (Å²) < 4.78 is 0. The number of hydrogen-bond acceptors (Lipinski definition) is 0. The van der Waals surface area contributed by atoms with Crippen LogP contribution in [-0.2, 0) is 0 Å². The minimum Gasteiger partial charge on any atom is -0.0688 e. The van der Waals surface area contributed by atoms with Gasteiger partial charge in [-0.05, 0) is 0 Å². The third-order valence-corrected chi connectivity index (χ3v) is 11.2. The molecule has 15 heavy (non-hydrogen) atoms.